The topological polar surface area (TPSA) is 69.9 Å². The highest BCUT2D eigenvalue weighted by Gasteiger charge is 2.10. The molecule has 5 rings (SSSR count). The van der Waals surface area contributed by atoms with Crippen LogP contribution >= 0.6 is 0 Å². The van der Waals surface area contributed by atoms with Gasteiger partial charge in [-0.05, 0) is 29.3 Å². The second kappa shape index (κ2) is 10.3. The third-order valence-electron chi connectivity index (χ3n) is 5.48. The van der Waals surface area contributed by atoms with Crippen LogP contribution in [0.15, 0.2) is 102 Å². The van der Waals surface area contributed by atoms with Gasteiger partial charge in [0.1, 0.15) is 12.3 Å². The van der Waals surface area contributed by atoms with Gasteiger partial charge in [-0.3, -0.25) is 4.79 Å². The molecule has 0 bridgehead atoms. The third kappa shape index (κ3) is 5.33. The molecule has 36 heavy (non-hydrogen) atoms. The van der Waals surface area contributed by atoms with Crippen LogP contribution in [0.1, 0.15) is 16.8 Å². The average Bonchev–Trinajstić information content (AvgIpc) is 2.91. The fourth-order valence-corrected chi connectivity index (χ4v) is 3.64. The van der Waals surface area contributed by atoms with Gasteiger partial charge in [-0.15, -0.1) is 0 Å². The van der Waals surface area contributed by atoms with Crippen LogP contribution in [0.2, 0.25) is 0 Å². The van der Waals surface area contributed by atoms with E-state index in [1.165, 1.54) is 23.0 Å². The average molecular weight is 482 g/mol. The fraction of sp³-hybridized carbons (Fsp3) is 0.0714. The molecule has 0 unspecified atom stereocenters. The smallest absolute Gasteiger partial charge is 0.203 e. The minimum absolute atomic E-state index is 0.245. The summed E-state index contributed by atoms with van der Waals surface area (Å²) in [6, 6.07) is 22.1. The van der Waals surface area contributed by atoms with Gasteiger partial charge in [-0.2, -0.15) is 5.10 Å². The molecule has 0 aliphatic heterocycles. The van der Waals surface area contributed by atoms with Crippen LogP contribution in [0.4, 0.5) is 8.78 Å². The van der Waals surface area contributed by atoms with E-state index >= 15 is 0 Å². The van der Waals surface area contributed by atoms with Gasteiger partial charge in [0, 0.05) is 30.3 Å². The van der Waals surface area contributed by atoms with Crippen molar-refractivity contribution in [3.05, 3.63) is 136 Å². The molecular weight excluding hydrogens is 462 g/mol. The number of hydrogen-bond donors (Lipinski definition) is 0. The molecule has 2 heterocycles. The number of nitrogens with zero attached hydrogens (tertiary/aromatic N) is 4. The number of rotatable bonds is 7. The summed E-state index contributed by atoms with van der Waals surface area (Å²) in [6.45, 7) is 0.422. The number of ether oxygens (including phenoxy) is 1. The van der Waals surface area contributed by atoms with Crippen molar-refractivity contribution in [2.75, 3.05) is 0 Å². The van der Waals surface area contributed by atoms with E-state index in [0.717, 1.165) is 28.8 Å². The lowest BCUT2D eigenvalue weighted by Gasteiger charge is -2.09. The van der Waals surface area contributed by atoms with Gasteiger partial charge in [0.15, 0.2) is 23.2 Å². The summed E-state index contributed by atoms with van der Waals surface area (Å²) in [7, 11) is 0. The van der Waals surface area contributed by atoms with Crippen LogP contribution < -0.4 is 10.2 Å². The minimum atomic E-state index is -0.987. The maximum absolute atomic E-state index is 13.6. The molecule has 5 aromatic rings. The van der Waals surface area contributed by atoms with Crippen molar-refractivity contribution in [2.45, 2.75) is 13.0 Å². The first-order valence-corrected chi connectivity index (χ1v) is 11.2. The van der Waals surface area contributed by atoms with Crippen molar-refractivity contribution in [3.63, 3.8) is 0 Å². The van der Waals surface area contributed by atoms with E-state index in [2.05, 4.69) is 15.1 Å². The minimum Gasteiger partial charge on any atom is -0.486 e. The molecule has 6 nitrogen and oxygen atoms in total. The highest BCUT2D eigenvalue weighted by molar-refractivity contribution is 5.56. The van der Waals surface area contributed by atoms with E-state index in [9.17, 15) is 13.6 Å². The van der Waals surface area contributed by atoms with Crippen LogP contribution in [0.3, 0.4) is 0 Å². The zero-order valence-corrected chi connectivity index (χ0v) is 19.0. The number of hydrogen-bond acceptors (Lipinski definition) is 5. The van der Waals surface area contributed by atoms with Crippen LogP contribution in [-0.4, -0.2) is 19.7 Å². The Morgan fingerprint density at radius 2 is 1.58 bits per heavy atom. The zero-order valence-electron chi connectivity index (χ0n) is 19.0. The lowest BCUT2D eigenvalue weighted by atomic mass is 10.1. The van der Waals surface area contributed by atoms with Crippen molar-refractivity contribution in [1.82, 2.24) is 19.7 Å². The zero-order chi connectivity index (χ0) is 24.9. The second-order valence-electron chi connectivity index (χ2n) is 8.06. The van der Waals surface area contributed by atoms with Gasteiger partial charge >= 0.3 is 0 Å². The molecule has 0 radical (unpaired) electrons. The van der Waals surface area contributed by atoms with E-state index in [1.54, 1.807) is 12.4 Å². The summed E-state index contributed by atoms with van der Waals surface area (Å²) in [4.78, 5) is 21.3. The van der Waals surface area contributed by atoms with E-state index in [-0.39, 0.29) is 17.5 Å². The summed E-state index contributed by atoms with van der Waals surface area (Å²) >= 11 is 0. The molecule has 0 fully saturated rings. The largest absolute Gasteiger partial charge is 0.486 e. The van der Waals surface area contributed by atoms with E-state index < -0.39 is 11.6 Å². The molecule has 0 aliphatic carbocycles. The molecular formula is C28H20F2N4O2. The summed E-state index contributed by atoms with van der Waals surface area (Å²) in [5, 5.41) is 4.34. The third-order valence-corrected chi connectivity index (χ3v) is 5.48. The molecule has 178 valence electrons. The van der Waals surface area contributed by atoms with Gasteiger partial charge in [0.25, 0.3) is 0 Å². The molecule has 8 heteroatoms. The highest BCUT2D eigenvalue weighted by atomic mass is 19.2. The highest BCUT2D eigenvalue weighted by Crippen LogP contribution is 2.20. The first-order chi connectivity index (χ1) is 17.5. The molecule has 2 aromatic heterocycles. The molecule has 0 spiro atoms. The Morgan fingerprint density at radius 3 is 2.36 bits per heavy atom. The Labute approximate surface area is 205 Å². The van der Waals surface area contributed by atoms with Crippen LogP contribution in [0.5, 0.6) is 5.75 Å². The lowest BCUT2D eigenvalue weighted by Crippen LogP contribution is -2.16. The van der Waals surface area contributed by atoms with Gasteiger partial charge in [-0.25, -0.2) is 23.4 Å². The Bertz CT molecular complexity index is 1550. The van der Waals surface area contributed by atoms with Crippen molar-refractivity contribution in [3.8, 4) is 22.8 Å². The second-order valence-corrected chi connectivity index (χ2v) is 8.06. The van der Waals surface area contributed by atoms with E-state index in [4.69, 9.17) is 4.74 Å². The molecule has 0 saturated carbocycles. The van der Waals surface area contributed by atoms with Crippen molar-refractivity contribution >= 4 is 0 Å². The summed E-state index contributed by atoms with van der Waals surface area (Å²) in [5.41, 5.74) is 2.98. The predicted molar refractivity (Wildman–Crippen MR) is 131 cm³/mol. The Hall–Kier alpha value is -4.72. The standard InChI is InChI=1S/C28H20F2N4O2/c29-24-10-9-22(15-25(24)30)34-12-11-27(35)26(33-34)14-20-7-4-8-21(13-20)28-31-16-23(17-32-28)36-18-19-5-2-1-3-6-19/h1-13,15-17H,14,18H2. The number of aromatic nitrogens is 4. The molecule has 3 aromatic carbocycles. The van der Waals surface area contributed by atoms with Gasteiger partial charge < -0.3 is 4.74 Å². The van der Waals surface area contributed by atoms with Crippen LogP contribution in [-0.2, 0) is 13.0 Å². The van der Waals surface area contributed by atoms with Crippen LogP contribution in [0.25, 0.3) is 17.1 Å². The maximum Gasteiger partial charge on any atom is 0.203 e. The molecule has 0 amide bonds. The number of halogens is 2. The Morgan fingerprint density at radius 1 is 0.806 bits per heavy atom. The normalized spacial score (nSPS) is 10.8. The monoisotopic (exact) mass is 482 g/mol. The Balaban J connectivity index is 1.32. The fourth-order valence-electron chi connectivity index (χ4n) is 3.64. The van der Waals surface area contributed by atoms with E-state index in [0.29, 0.717) is 23.9 Å². The SMILES string of the molecule is O=c1ccn(-c2ccc(F)c(F)c2)nc1Cc1cccc(-c2ncc(OCc3ccccc3)cn2)c1. The first-order valence-electron chi connectivity index (χ1n) is 11.2. The van der Waals surface area contributed by atoms with Gasteiger partial charge in [-0.1, -0.05) is 48.5 Å². The lowest BCUT2D eigenvalue weighted by molar-refractivity contribution is 0.303. The number of benzene rings is 3. The maximum atomic E-state index is 13.6. The van der Waals surface area contributed by atoms with Crippen molar-refractivity contribution < 1.29 is 13.5 Å². The Kier molecular flexibility index (Phi) is 6.57. The van der Waals surface area contributed by atoms with Crippen molar-refractivity contribution in [2.24, 2.45) is 0 Å². The predicted octanol–water partition coefficient (Wildman–Crippen LogP) is 5.14. The molecule has 0 saturated heterocycles. The van der Waals surface area contributed by atoms with Gasteiger partial charge in [0.05, 0.1) is 18.1 Å². The van der Waals surface area contributed by atoms with E-state index in [1.807, 2.05) is 54.6 Å². The van der Waals surface area contributed by atoms with Crippen LogP contribution in [0, 0.1) is 11.6 Å². The summed E-state index contributed by atoms with van der Waals surface area (Å²) in [6.07, 6.45) is 4.91. The first kappa shape index (κ1) is 23.0. The molecule has 0 aliphatic rings. The molecule has 0 atom stereocenters. The molecule has 0 N–H and O–H groups in total. The summed E-state index contributed by atoms with van der Waals surface area (Å²) in [5.74, 6) is -0.859. The quantitative estimate of drug-likeness (QED) is 0.321. The van der Waals surface area contributed by atoms with Crippen molar-refractivity contribution in [1.29, 1.82) is 0 Å². The summed E-state index contributed by atoms with van der Waals surface area (Å²) < 4.78 is 34.0. The van der Waals surface area contributed by atoms with Gasteiger partial charge in [0.2, 0.25) is 5.43 Å².